The second-order valence-corrected chi connectivity index (χ2v) is 6.54. The highest BCUT2D eigenvalue weighted by atomic mass is 32.2. The van der Waals surface area contributed by atoms with Gasteiger partial charge in [0.2, 0.25) is 0 Å². The molecule has 1 aromatic carbocycles. The van der Waals surface area contributed by atoms with Gasteiger partial charge >= 0.3 is 6.18 Å². The van der Waals surface area contributed by atoms with E-state index in [1.807, 2.05) is 0 Å². The monoisotopic (exact) mass is 300 g/mol. The Kier molecular flexibility index (Phi) is 4.68. The third-order valence-corrected chi connectivity index (χ3v) is 4.84. The van der Waals surface area contributed by atoms with Crippen LogP contribution in [0.5, 0.6) is 0 Å². The first-order valence-electron chi connectivity index (χ1n) is 4.77. The summed E-state index contributed by atoms with van der Waals surface area (Å²) in [6.07, 6.45) is -2.96. The predicted octanol–water partition coefficient (Wildman–Crippen LogP) is 2.16. The Bertz CT molecular complexity index is 494. The van der Waals surface area contributed by atoms with Crippen molar-refractivity contribution in [2.24, 2.45) is 0 Å². The smallest absolute Gasteiger partial charge is 0.381 e. The van der Waals surface area contributed by atoms with Gasteiger partial charge in [0.15, 0.2) is 9.84 Å². The van der Waals surface area contributed by atoms with Crippen molar-refractivity contribution in [3.8, 4) is 0 Å². The predicted molar refractivity (Wildman–Crippen MR) is 63.0 cm³/mol. The quantitative estimate of drug-likeness (QED) is 0.866. The number of halogens is 3. The SMILES string of the molecule is CSC(O)CS(=O)(=O)c1ccc(C(F)(F)F)cc1. The van der Waals surface area contributed by atoms with Gasteiger partial charge in [-0.05, 0) is 30.5 Å². The molecule has 0 amide bonds. The van der Waals surface area contributed by atoms with Crippen LogP contribution >= 0.6 is 11.8 Å². The number of benzene rings is 1. The van der Waals surface area contributed by atoms with Gasteiger partial charge in [-0.25, -0.2) is 8.42 Å². The molecule has 0 aromatic heterocycles. The zero-order chi connectivity index (χ0) is 14.0. The molecule has 0 aliphatic heterocycles. The van der Waals surface area contributed by atoms with Crippen molar-refractivity contribution < 1.29 is 26.7 Å². The van der Waals surface area contributed by atoms with Crippen LogP contribution in [0.15, 0.2) is 29.2 Å². The van der Waals surface area contributed by atoms with Gasteiger partial charge in [0, 0.05) is 0 Å². The number of sulfone groups is 1. The highest BCUT2D eigenvalue weighted by molar-refractivity contribution is 8.00. The van der Waals surface area contributed by atoms with Crippen molar-refractivity contribution in [2.75, 3.05) is 12.0 Å². The molecule has 0 saturated heterocycles. The lowest BCUT2D eigenvalue weighted by molar-refractivity contribution is -0.137. The maximum atomic E-state index is 12.3. The van der Waals surface area contributed by atoms with Gasteiger partial charge in [0.25, 0.3) is 0 Å². The lowest BCUT2D eigenvalue weighted by atomic mass is 10.2. The molecule has 0 heterocycles. The van der Waals surface area contributed by atoms with Crippen LogP contribution in [-0.4, -0.2) is 31.0 Å². The molecule has 0 aliphatic rings. The average molecular weight is 300 g/mol. The van der Waals surface area contributed by atoms with Crippen LogP contribution in [0.25, 0.3) is 0 Å². The minimum absolute atomic E-state index is 0.233. The van der Waals surface area contributed by atoms with E-state index in [4.69, 9.17) is 0 Å². The first kappa shape index (κ1) is 15.3. The minimum Gasteiger partial charge on any atom is -0.381 e. The van der Waals surface area contributed by atoms with Crippen molar-refractivity contribution in [1.82, 2.24) is 0 Å². The summed E-state index contributed by atoms with van der Waals surface area (Å²) in [5, 5.41) is 9.24. The summed E-state index contributed by atoms with van der Waals surface area (Å²) in [5.74, 6) is -0.528. The fourth-order valence-electron chi connectivity index (χ4n) is 1.20. The van der Waals surface area contributed by atoms with E-state index < -0.39 is 32.8 Å². The summed E-state index contributed by atoms with van der Waals surface area (Å²) >= 11 is 0.950. The van der Waals surface area contributed by atoms with Crippen molar-refractivity contribution >= 4 is 21.6 Å². The lowest BCUT2D eigenvalue weighted by Gasteiger charge is -2.10. The zero-order valence-corrected chi connectivity index (χ0v) is 10.9. The molecule has 0 fully saturated rings. The molecule has 0 bridgehead atoms. The van der Waals surface area contributed by atoms with Crippen LogP contribution in [0.1, 0.15) is 5.56 Å². The van der Waals surface area contributed by atoms with E-state index in [9.17, 15) is 26.7 Å². The number of aliphatic hydroxyl groups is 1. The summed E-state index contributed by atoms with van der Waals surface area (Å²) < 4.78 is 60.3. The highest BCUT2D eigenvalue weighted by Gasteiger charge is 2.30. The van der Waals surface area contributed by atoms with E-state index >= 15 is 0 Å². The largest absolute Gasteiger partial charge is 0.416 e. The van der Waals surface area contributed by atoms with Gasteiger partial charge in [0.05, 0.1) is 16.2 Å². The standard InChI is InChI=1S/C10H11F3O3S2/c1-17-9(14)6-18(15,16)8-4-2-7(3-5-8)10(11,12)13/h2-5,9,14H,6H2,1H3. The average Bonchev–Trinajstić information content (AvgIpc) is 2.27. The molecule has 0 saturated carbocycles. The van der Waals surface area contributed by atoms with Crippen LogP contribution in [0.3, 0.4) is 0 Å². The number of rotatable bonds is 4. The normalized spacial score (nSPS) is 14.5. The minimum atomic E-state index is -4.50. The van der Waals surface area contributed by atoms with Gasteiger partial charge in [-0.1, -0.05) is 0 Å². The van der Waals surface area contributed by atoms with Crippen LogP contribution in [-0.2, 0) is 16.0 Å². The van der Waals surface area contributed by atoms with Crippen LogP contribution in [0, 0.1) is 0 Å². The molecule has 0 aliphatic carbocycles. The molecule has 1 aromatic rings. The van der Waals surface area contributed by atoms with Gasteiger partial charge in [-0.15, -0.1) is 11.8 Å². The summed E-state index contributed by atoms with van der Waals surface area (Å²) in [5.41, 5.74) is -2.01. The second-order valence-electron chi connectivity index (χ2n) is 3.49. The summed E-state index contributed by atoms with van der Waals surface area (Å²) in [7, 11) is -3.77. The fraction of sp³-hybridized carbons (Fsp3) is 0.400. The van der Waals surface area contributed by atoms with Crippen LogP contribution in [0.2, 0.25) is 0 Å². The number of hydrogen-bond acceptors (Lipinski definition) is 4. The summed E-state index contributed by atoms with van der Waals surface area (Å²) in [6.45, 7) is 0. The molecule has 1 atom stereocenters. The van der Waals surface area contributed by atoms with E-state index in [1.54, 1.807) is 0 Å². The van der Waals surface area contributed by atoms with Crippen molar-refractivity contribution in [1.29, 1.82) is 0 Å². The van der Waals surface area contributed by atoms with Crippen LogP contribution < -0.4 is 0 Å². The zero-order valence-electron chi connectivity index (χ0n) is 9.31. The summed E-state index contributed by atoms with van der Waals surface area (Å²) in [6, 6.07) is 3.20. The lowest BCUT2D eigenvalue weighted by Crippen LogP contribution is -2.18. The second kappa shape index (κ2) is 5.50. The molecule has 0 radical (unpaired) electrons. The topological polar surface area (TPSA) is 54.4 Å². The molecule has 8 heteroatoms. The molecule has 102 valence electrons. The first-order chi connectivity index (χ1) is 8.16. The van der Waals surface area contributed by atoms with E-state index in [2.05, 4.69) is 0 Å². The first-order valence-corrected chi connectivity index (χ1v) is 7.72. The highest BCUT2D eigenvalue weighted by Crippen LogP contribution is 2.30. The maximum absolute atomic E-state index is 12.3. The Morgan fingerprint density at radius 1 is 1.28 bits per heavy atom. The molecular formula is C10H11F3O3S2. The molecule has 0 spiro atoms. The molecule has 1 unspecified atom stereocenters. The molecular weight excluding hydrogens is 289 g/mol. The number of thioether (sulfide) groups is 1. The van der Waals surface area contributed by atoms with Crippen molar-refractivity contribution in [3.63, 3.8) is 0 Å². The third kappa shape index (κ3) is 3.89. The van der Waals surface area contributed by atoms with Crippen molar-refractivity contribution in [2.45, 2.75) is 16.5 Å². The number of aliphatic hydroxyl groups excluding tert-OH is 1. The molecule has 3 nitrogen and oxygen atoms in total. The van der Waals surface area contributed by atoms with E-state index in [0.717, 1.165) is 23.9 Å². The van der Waals surface area contributed by atoms with E-state index in [1.165, 1.54) is 6.26 Å². The molecule has 1 N–H and O–H groups in total. The Hall–Kier alpha value is -0.730. The Morgan fingerprint density at radius 3 is 2.17 bits per heavy atom. The van der Waals surface area contributed by atoms with E-state index in [-0.39, 0.29) is 4.90 Å². The number of hydrogen-bond donors (Lipinski definition) is 1. The van der Waals surface area contributed by atoms with Gasteiger partial charge < -0.3 is 5.11 Å². The Labute approximate surface area is 107 Å². The maximum Gasteiger partial charge on any atom is 0.416 e. The van der Waals surface area contributed by atoms with Crippen molar-refractivity contribution in [3.05, 3.63) is 29.8 Å². The molecule has 1 rings (SSSR count). The van der Waals surface area contributed by atoms with E-state index in [0.29, 0.717) is 12.1 Å². The molecule has 18 heavy (non-hydrogen) atoms. The van der Waals surface area contributed by atoms with Gasteiger partial charge in [-0.3, -0.25) is 0 Å². The van der Waals surface area contributed by atoms with Gasteiger partial charge in [-0.2, -0.15) is 13.2 Å². The third-order valence-electron chi connectivity index (χ3n) is 2.17. The Morgan fingerprint density at radius 2 is 1.78 bits per heavy atom. The fourth-order valence-corrected chi connectivity index (χ4v) is 3.40. The van der Waals surface area contributed by atoms with Gasteiger partial charge in [0.1, 0.15) is 5.44 Å². The Balaban J connectivity index is 2.98. The van der Waals surface area contributed by atoms with Crippen LogP contribution in [0.4, 0.5) is 13.2 Å². The summed E-state index contributed by atoms with van der Waals surface area (Å²) in [4.78, 5) is -0.233. The number of alkyl halides is 3.